The van der Waals surface area contributed by atoms with Crippen molar-refractivity contribution in [2.75, 3.05) is 20.1 Å². The van der Waals surface area contributed by atoms with Gasteiger partial charge in [0.05, 0.1) is 0 Å². The molecule has 1 N–H and O–H groups in total. The number of hydrogen-bond donors (Lipinski definition) is 1. The van der Waals surface area contributed by atoms with Gasteiger partial charge in [-0.1, -0.05) is 33.1 Å². The lowest BCUT2D eigenvalue weighted by Crippen LogP contribution is -2.44. The maximum absolute atomic E-state index is 3.59. The highest BCUT2D eigenvalue weighted by Gasteiger charge is 2.21. The van der Waals surface area contributed by atoms with Gasteiger partial charge in [0.25, 0.3) is 0 Å². The maximum Gasteiger partial charge on any atom is 0.0192 e. The molecule has 1 saturated carbocycles. The van der Waals surface area contributed by atoms with E-state index in [0.717, 1.165) is 18.5 Å². The van der Waals surface area contributed by atoms with Gasteiger partial charge in [-0.05, 0) is 45.7 Å². The third kappa shape index (κ3) is 5.87. The fourth-order valence-corrected chi connectivity index (χ4v) is 2.69. The summed E-state index contributed by atoms with van der Waals surface area (Å²) < 4.78 is 0. The van der Waals surface area contributed by atoms with Crippen LogP contribution in [0.1, 0.15) is 59.3 Å². The fraction of sp³-hybridized carbons (Fsp3) is 1.00. The molecule has 102 valence electrons. The Bertz CT molecular complexity index is 185. The molecule has 0 heterocycles. The molecule has 1 aliphatic carbocycles. The Morgan fingerprint density at radius 1 is 1.12 bits per heavy atom. The molecule has 0 aliphatic heterocycles. The van der Waals surface area contributed by atoms with Crippen LogP contribution in [0.5, 0.6) is 0 Å². The molecule has 0 amide bonds. The Morgan fingerprint density at radius 2 is 1.76 bits per heavy atom. The second-order valence-corrected chi connectivity index (χ2v) is 6.19. The number of nitrogens with zero attached hydrogens (tertiary/aromatic N) is 1. The number of nitrogens with one attached hydrogen (secondary N) is 1. The van der Waals surface area contributed by atoms with E-state index in [-0.39, 0.29) is 0 Å². The molecule has 17 heavy (non-hydrogen) atoms. The predicted molar refractivity (Wildman–Crippen MR) is 76.4 cm³/mol. The summed E-state index contributed by atoms with van der Waals surface area (Å²) >= 11 is 0. The Kier molecular flexibility index (Phi) is 7.14. The highest BCUT2D eigenvalue weighted by Crippen LogP contribution is 2.22. The molecule has 1 fully saturated rings. The lowest BCUT2D eigenvalue weighted by atomic mass is 9.94. The predicted octanol–water partition coefficient (Wildman–Crippen LogP) is 3.28. The second kappa shape index (κ2) is 8.10. The summed E-state index contributed by atoms with van der Waals surface area (Å²) in [6.45, 7) is 9.25. The van der Waals surface area contributed by atoms with Crippen molar-refractivity contribution in [1.29, 1.82) is 0 Å². The standard InChI is InChI=1S/C15H32N2/c1-13(2)10-11-16-12-14(3)17(4)15-8-6-5-7-9-15/h13-16H,5-12H2,1-4H3. The largest absolute Gasteiger partial charge is 0.315 e. The minimum Gasteiger partial charge on any atom is -0.315 e. The summed E-state index contributed by atoms with van der Waals surface area (Å²) in [5.41, 5.74) is 0. The lowest BCUT2D eigenvalue weighted by molar-refractivity contribution is 0.144. The summed E-state index contributed by atoms with van der Waals surface area (Å²) in [5.74, 6) is 0.814. The van der Waals surface area contributed by atoms with E-state index in [4.69, 9.17) is 0 Å². The van der Waals surface area contributed by atoms with Gasteiger partial charge in [0.15, 0.2) is 0 Å². The van der Waals surface area contributed by atoms with E-state index in [1.165, 1.54) is 45.1 Å². The van der Waals surface area contributed by atoms with E-state index in [1.54, 1.807) is 0 Å². The van der Waals surface area contributed by atoms with E-state index in [2.05, 4.69) is 38.0 Å². The van der Waals surface area contributed by atoms with Crippen molar-refractivity contribution in [2.24, 2.45) is 5.92 Å². The van der Waals surface area contributed by atoms with E-state index < -0.39 is 0 Å². The summed E-state index contributed by atoms with van der Waals surface area (Å²) in [7, 11) is 2.31. The molecular formula is C15H32N2. The van der Waals surface area contributed by atoms with Crippen LogP contribution in [0.3, 0.4) is 0 Å². The second-order valence-electron chi connectivity index (χ2n) is 6.19. The molecule has 2 heteroatoms. The van der Waals surface area contributed by atoms with Crippen LogP contribution >= 0.6 is 0 Å². The molecule has 0 aromatic rings. The molecular weight excluding hydrogens is 208 g/mol. The van der Waals surface area contributed by atoms with Crippen LogP contribution in [0.15, 0.2) is 0 Å². The highest BCUT2D eigenvalue weighted by atomic mass is 15.2. The van der Waals surface area contributed by atoms with E-state index in [0.29, 0.717) is 6.04 Å². The van der Waals surface area contributed by atoms with Crippen molar-refractivity contribution < 1.29 is 0 Å². The molecule has 0 aromatic carbocycles. The first-order chi connectivity index (χ1) is 8.11. The minimum absolute atomic E-state index is 0.672. The van der Waals surface area contributed by atoms with E-state index >= 15 is 0 Å². The van der Waals surface area contributed by atoms with Gasteiger partial charge in [0.1, 0.15) is 0 Å². The van der Waals surface area contributed by atoms with Crippen molar-refractivity contribution in [3.8, 4) is 0 Å². The Morgan fingerprint density at radius 3 is 2.35 bits per heavy atom. The topological polar surface area (TPSA) is 15.3 Å². The Hall–Kier alpha value is -0.0800. The van der Waals surface area contributed by atoms with Gasteiger partial charge < -0.3 is 5.32 Å². The molecule has 1 aliphatic rings. The van der Waals surface area contributed by atoms with Gasteiger partial charge in [-0.25, -0.2) is 0 Å². The van der Waals surface area contributed by atoms with E-state index in [9.17, 15) is 0 Å². The summed E-state index contributed by atoms with van der Waals surface area (Å²) in [6.07, 6.45) is 8.43. The Labute approximate surface area is 108 Å². The number of rotatable bonds is 7. The molecule has 0 spiro atoms. The van der Waals surface area contributed by atoms with Crippen LogP contribution in [-0.4, -0.2) is 37.1 Å². The van der Waals surface area contributed by atoms with Gasteiger partial charge in [-0.2, -0.15) is 0 Å². The van der Waals surface area contributed by atoms with Crippen LogP contribution in [0.25, 0.3) is 0 Å². The van der Waals surface area contributed by atoms with Crippen LogP contribution in [0, 0.1) is 5.92 Å². The zero-order chi connectivity index (χ0) is 12.7. The van der Waals surface area contributed by atoms with Gasteiger partial charge in [-0.15, -0.1) is 0 Å². The minimum atomic E-state index is 0.672. The van der Waals surface area contributed by atoms with Crippen LogP contribution in [-0.2, 0) is 0 Å². The third-order valence-corrected chi connectivity index (χ3v) is 4.18. The first kappa shape index (κ1) is 15.0. The zero-order valence-electron chi connectivity index (χ0n) is 12.3. The third-order valence-electron chi connectivity index (χ3n) is 4.18. The smallest absolute Gasteiger partial charge is 0.0192 e. The normalized spacial score (nSPS) is 20.1. The molecule has 1 atom stereocenters. The SMILES string of the molecule is CC(C)CCNCC(C)N(C)C1CCCCC1. The van der Waals surface area contributed by atoms with Crippen molar-refractivity contribution in [3.05, 3.63) is 0 Å². The van der Waals surface area contributed by atoms with Crippen molar-refractivity contribution in [1.82, 2.24) is 10.2 Å². The maximum atomic E-state index is 3.59. The summed E-state index contributed by atoms with van der Waals surface area (Å²) in [4.78, 5) is 2.60. The molecule has 0 bridgehead atoms. The fourth-order valence-electron chi connectivity index (χ4n) is 2.69. The Balaban J connectivity index is 2.14. The van der Waals surface area contributed by atoms with Gasteiger partial charge in [0.2, 0.25) is 0 Å². The molecule has 2 nitrogen and oxygen atoms in total. The summed E-state index contributed by atoms with van der Waals surface area (Å²) in [5, 5.41) is 3.59. The van der Waals surface area contributed by atoms with Gasteiger partial charge in [-0.3, -0.25) is 4.90 Å². The zero-order valence-corrected chi connectivity index (χ0v) is 12.3. The van der Waals surface area contributed by atoms with E-state index in [1.807, 2.05) is 0 Å². The molecule has 0 aromatic heterocycles. The monoisotopic (exact) mass is 240 g/mol. The lowest BCUT2D eigenvalue weighted by Gasteiger charge is -2.35. The first-order valence-corrected chi connectivity index (χ1v) is 7.54. The quantitative estimate of drug-likeness (QED) is 0.687. The number of hydrogen-bond acceptors (Lipinski definition) is 2. The molecule has 1 unspecified atom stereocenters. The van der Waals surface area contributed by atoms with Crippen LogP contribution in [0.4, 0.5) is 0 Å². The van der Waals surface area contributed by atoms with Crippen molar-refractivity contribution in [2.45, 2.75) is 71.4 Å². The van der Waals surface area contributed by atoms with Crippen molar-refractivity contribution in [3.63, 3.8) is 0 Å². The average molecular weight is 240 g/mol. The van der Waals surface area contributed by atoms with Crippen molar-refractivity contribution >= 4 is 0 Å². The molecule has 1 rings (SSSR count). The molecule has 0 saturated heterocycles. The highest BCUT2D eigenvalue weighted by molar-refractivity contribution is 4.78. The molecule has 0 radical (unpaired) electrons. The van der Waals surface area contributed by atoms with Crippen LogP contribution in [0.2, 0.25) is 0 Å². The average Bonchev–Trinajstić information content (AvgIpc) is 2.34. The van der Waals surface area contributed by atoms with Crippen LogP contribution < -0.4 is 5.32 Å². The van der Waals surface area contributed by atoms with Gasteiger partial charge in [0, 0.05) is 18.6 Å². The first-order valence-electron chi connectivity index (χ1n) is 7.54. The number of likely N-dealkylation sites (N-methyl/N-ethyl adjacent to an activating group) is 1. The summed E-state index contributed by atoms with van der Waals surface area (Å²) in [6, 6.07) is 1.51. The van der Waals surface area contributed by atoms with Gasteiger partial charge >= 0.3 is 0 Å².